The van der Waals surface area contributed by atoms with Gasteiger partial charge in [-0.2, -0.15) is 0 Å². The molecule has 2 amide bonds. The topological polar surface area (TPSA) is 58.2 Å². The number of carbonyl (C=O) groups excluding carboxylic acids is 2. The maximum atomic E-state index is 11.9. The van der Waals surface area contributed by atoms with Gasteiger partial charge in [0.25, 0.3) is 0 Å². The monoisotopic (exact) mass is 226 g/mol. The lowest BCUT2D eigenvalue weighted by molar-refractivity contribution is -0.141. The Hall–Kier alpha value is -1.06. The fourth-order valence-electron chi connectivity index (χ4n) is 1.20. The molecule has 4 heteroatoms. The zero-order valence-corrected chi connectivity index (χ0v) is 10.6. The summed E-state index contributed by atoms with van der Waals surface area (Å²) in [5, 5.41) is 5.71. The quantitative estimate of drug-likeness (QED) is 0.692. The zero-order chi connectivity index (χ0) is 12.3. The first-order chi connectivity index (χ1) is 7.37. The third-order valence-corrected chi connectivity index (χ3v) is 3.04. The molecular formula is C12H22N2O2. The predicted octanol–water partition coefficient (Wildman–Crippen LogP) is 1.21. The number of amides is 2. The largest absolute Gasteiger partial charge is 0.353 e. The smallest absolute Gasteiger partial charge is 0.235 e. The summed E-state index contributed by atoms with van der Waals surface area (Å²) in [6.45, 7) is 7.28. The third-order valence-electron chi connectivity index (χ3n) is 3.04. The number of hydrogen-bond donors (Lipinski definition) is 2. The van der Waals surface area contributed by atoms with Gasteiger partial charge in [-0.1, -0.05) is 6.92 Å². The lowest BCUT2D eigenvalue weighted by Gasteiger charge is -2.24. The van der Waals surface area contributed by atoms with Crippen LogP contribution in [0.4, 0.5) is 0 Å². The molecule has 92 valence electrons. The Morgan fingerprint density at radius 1 is 1.31 bits per heavy atom. The van der Waals surface area contributed by atoms with Gasteiger partial charge in [-0.25, -0.2) is 0 Å². The molecule has 2 N–H and O–H groups in total. The summed E-state index contributed by atoms with van der Waals surface area (Å²) in [4.78, 5) is 23.8. The van der Waals surface area contributed by atoms with E-state index >= 15 is 0 Å². The third kappa shape index (κ3) is 3.22. The van der Waals surface area contributed by atoms with Gasteiger partial charge >= 0.3 is 0 Å². The Morgan fingerprint density at radius 2 is 1.88 bits per heavy atom. The summed E-state index contributed by atoms with van der Waals surface area (Å²) in [6.07, 6.45) is 2.94. The van der Waals surface area contributed by atoms with Crippen LogP contribution in [0.3, 0.4) is 0 Å². The van der Waals surface area contributed by atoms with Crippen molar-refractivity contribution >= 4 is 11.8 Å². The van der Waals surface area contributed by atoms with E-state index in [1.807, 2.05) is 13.8 Å². The molecule has 1 atom stereocenters. The SMILES string of the molecule is CCC(C)NC(=O)C(C)(C)C(=O)NC1CC1. The van der Waals surface area contributed by atoms with Crippen molar-refractivity contribution in [3.8, 4) is 0 Å². The van der Waals surface area contributed by atoms with Gasteiger partial charge < -0.3 is 10.6 Å². The highest BCUT2D eigenvalue weighted by Crippen LogP contribution is 2.23. The normalized spacial score (nSPS) is 17.8. The highest BCUT2D eigenvalue weighted by atomic mass is 16.2. The summed E-state index contributed by atoms with van der Waals surface area (Å²) < 4.78 is 0. The Morgan fingerprint density at radius 3 is 2.31 bits per heavy atom. The molecule has 0 aliphatic heterocycles. The van der Waals surface area contributed by atoms with E-state index in [-0.39, 0.29) is 17.9 Å². The van der Waals surface area contributed by atoms with Crippen LogP contribution in [-0.2, 0) is 9.59 Å². The molecule has 1 unspecified atom stereocenters. The second kappa shape index (κ2) is 4.85. The van der Waals surface area contributed by atoms with Crippen molar-refractivity contribution in [1.82, 2.24) is 10.6 Å². The van der Waals surface area contributed by atoms with Crippen LogP contribution in [0.1, 0.15) is 47.0 Å². The van der Waals surface area contributed by atoms with Gasteiger partial charge in [0.05, 0.1) is 0 Å². The molecule has 0 aromatic heterocycles. The number of carbonyl (C=O) groups is 2. The minimum absolute atomic E-state index is 0.112. The standard InChI is InChI=1S/C12H22N2O2/c1-5-8(2)13-10(15)12(3,4)11(16)14-9-6-7-9/h8-9H,5-7H2,1-4H3,(H,13,15)(H,14,16). The molecule has 0 aromatic rings. The number of hydrogen-bond acceptors (Lipinski definition) is 2. The van der Waals surface area contributed by atoms with E-state index in [1.165, 1.54) is 0 Å². The second-order valence-corrected chi connectivity index (χ2v) is 5.16. The van der Waals surface area contributed by atoms with Crippen molar-refractivity contribution in [1.29, 1.82) is 0 Å². The van der Waals surface area contributed by atoms with Crippen LogP contribution in [-0.4, -0.2) is 23.9 Å². The molecule has 16 heavy (non-hydrogen) atoms. The average Bonchev–Trinajstić information content (AvgIpc) is 3.01. The Kier molecular flexibility index (Phi) is 3.94. The summed E-state index contributed by atoms with van der Waals surface area (Å²) >= 11 is 0. The molecular weight excluding hydrogens is 204 g/mol. The van der Waals surface area contributed by atoms with Gasteiger partial charge in [0.15, 0.2) is 0 Å². The molecule has 0 spiro atoms. The fourth-order valence-corrected chi connectivity index (χ4v) is 1.20. The number of rotatable bonds is 5. The average molecular weight is 226 g/mol. The molecule has 1 saturated carbocycles. The van der Waals surface area contributed by atoms with Gasteiger partial charge in [0.2, 0.25) is 11.8 Å². The second-order valence-electron chi connectivity index (χ2n) is 5.16. The first-order valence-corrected chi connectivity index (χ1v) is 5.99. The molecule has 1 aliphatic rings. The van der Waals surface area contributed by atoms with Crippen LogP contribution in [0.2, 0.25) is 0 Å². The predicted molar refractivity (Wildman–Crippen MR) is 62.8 cm³/mol. The molecule has 4 nitrogen and oxygen atoms in total. The number of nitrogens with one attached hydrogen (secondary N) is 2. The molecule has 0 heterocycles. The van der Waals surface area contributed by atoms with Crippen molar-refractivity contribution in [2.24, 2.45) is 5.41 Å². The minimum atomic E-state index is -0.980. The van der Waals surface area contributed by atoms with E-state index in [0.717, 1.165) is 19.3 Å². The minimum Gasteiger partial charge on any atom is -0.353 e. The van der Waals surface area contributed by atoms with Crippen molar-refractivity contribution in [3.63, 3.8) is 0 Å². The van der Waals surface area contributed by atoms with Crippen molar-refractivity contribution in [2.45, 2.75) is 59.0 Å². The van der Waals surface area contributed by atoms with Gasteiger partial charge in [0.1, 0.15) is 5.41 Å². The Bertz CT molecular complexity index is 283. The van der Waals surface area contributed by atoms with E-state index in [9.17, 15) is 9.59 Å². The summed E-state index contributed by atoms with van der Waals surface area (Å²) in [5.74, 6) is -0.365. The van der Waals surface area contributed by atoms with E-state index < -0.39 is 5.41 Å². The van der Waals surface area contributed by atoms with Gasteiger partial charge in [-0.15, -0.1) is 0 Å². The first-order valence-electron chi connectivity index (χ1n) is 5.99. The van der Waals surface area contributed by atoms with E-state index in [4.69, 9.17) is 0 Å². The van der Waals surface area contributed by atoms with E-state index in [1.54, 1.807) is 13.8 Å². The van der Waals surface area contributed by atoms with Gasteiger partial charge in [0, 0.05) is 12.1 Å². The Balaban J connectivity index is 2.52. The maximum absolute atomic E-state index is 11.9. The maximum Gasteiger partial charge on any atom is 0.235 e. The molecule has 0 bridgehead atoms. The first kappa shape index (κ1) is 13.0. The Labute approximate surface area is 97.2 Å². The van der Waals surface area contributed by atoms with E-state index in [2.05, 4.69) is 10.6 Å². The van der Waals surface area contributed by atoms with Gasteiger partial charge in [-0.3, -0.25) is 9.59 Å². The molecule has 1 fully saturated rings. The summed E-state index contributed by atoms with van der Waals surface area (Å²) in [5.41, 5.74) is -0.980. The zero-order valence-electron chi connectivity index (χ0n) is 10.6. The molecule has 1 aliphatic carbocycles. The molecule has 1 rings (SSSR count). The van der Waals surface area contributed by atoms with E-state index in [0.29, 0.717) is 6.04 Å². The van der Waals surface area contributed by atoms with Crippen LogP contribution in [0.5, 0.6) is 0 Å². The van der Waals surface area contributed by atoms with Crippen molar-refractivity contribution < 1.29 is 9.59 Å². The molecule has 0 aromatic carbocycles. The fraction of sp³-hybridized carbons (Fsp3) is 0.833. The van der Waals surface area contributed by atoms with Gasteiger partial charge in [-0.05, 0) is 40.0 Å². The molecule has 0 radical (unpaired) electrons. The lowest BCUT2D eigenvalue weighted by atomic mass is 9.90. The molecule has 0 saturated heterocycles. The van der Waals surface area contributed by atoms with Crippen molar-refractivity contribution in [2.75, 3.05) is 0 Å². The van der Waals surface area contributed by atoms with Crippen LogP contribution in [0.25, 0.3) is 0 Å². The highest BCUT2D eigenvalue weighted by Gasteiger charge is 2.38. The lowest BCUT2D eigenvalue weighted by Crippen LogP contribution is -2.50. The van der Waals surface area contributed by atoms with Crippen LogP contribution < -0.4 is 10.6 Å². The summed E-state index contributed by atoms with van der Waals surface area (Å²) in [7, 11) is 0. The summed E-state index contributed by atoms with van der Waals surface area (Å²) in [6, 6.07) is 0.406. The van der Waals surface area contributed by atoms with Crippen LogP contribution in [0, 0.1) is 5.41 Å². The highest BCUT2D eigenvalue weighted by molar-refractivity contribution is 6.04. The van der Waals surface area contributed by atoms with Crippen molar-refractivity contribution in [3.05, 3.63) is 0 Å². The van der Waals surface area contributed by atoms with Crippen LogP contribution >= 0.6 is 0 Å². The van der Waals surface area contributed by atoms with Crippen LogP contribution in [0.15, 0.2) is 0 Å².